The molecule has 0 spiro atoms. The molecule has 2 fully saturated rings. The van der Waals surface area contributed by atoms with Gasteiger partial charge in [0.2, 0.25) is 5.91 Å². The highest BCUT2D eigenvalue weighted by molar-refractivity contribution is 8.15. The van der Waals surface area contributed by atoms with E-state index < -0.39 is 9.84 Å². The quantitative estimate of drug-likeness (QED) is 0.835. The fraction of sp³-hybridized carbons (Fsp3) is 0.500. The normalized spacial score (nSPS) is 28.8. The molecule has 2 aliphatic rings. The monoisotopic (exact) mass is 352 g/mol. The second kappa shape index (κ2) is 6.28. The summed E-state index contributed by atoms with van der Waals surface area (Å²) in [5, 5.41) is 0.632. The lowest BCUT2D eigenvalue weighted by molar-refractivity contribution is -0.117. The van der Waals surface area contributed by atoms with Gasteiger partial charge in [0.15, 0.2) is 15.0 Å². The number of amides is 1. The van der Waals surface area contributed by atoms with Crippen LogP contribution < -0.4 is 0 Å². The summed E-state index contributed by atoms with van der Waals surface area (Å²) in [5.74, 6) is 0.140. The van der Waals surface area contributed by atoms with E-state index in [2.05, 4.69) is 4.99 Å². The molecule has 0 radical (unpaired) electrons. The van der Waals surface area contributed by atoms with Crippen LogP contribution in [0.15, 0.2) is 35.3 Å². The van der Waals surface area contributed by atoms with E-state index in [-0.39, 0.29) is 34.7 Å². The Morgan fingerprint density at radius 1 is 1.35 bits per heavy atom. The number of sulfone groups is 1. The molecule has 5 nitrogen and oxygen atoms in total. The highest BCUT2D eigenvalue weighted by atomic mass is 32.2. The van der Waals surface area contributed by atoms with Gasteiger partial charge in [0.25, 0.3) is 0 Å². The summed E-state index contributed by atoms with van der Waals surface area (Å²) in [4.78, 5) is 18.0. The van der Waals surface area contributed by atoms with Gasteiger partial charge in [0, 0.05) is 11.7 Å². The van der Waals surface area contributed by atoms with Gasteiger partial charge < -0.3 is 4.90 Å². The Morgan fingerprint density at radius 3 is 2.70 bits per heavy atom. The first-order valence-corrected chi connectivity index (χ1v) is 10.4. The molecule has 2 heterocycles. The van der Waals surface area contributed by atoms with Crippen molar-refractivity contribution >= 4 is 32.7 Å². The molecular weight excluding hydrogens is 332 g/mol. The number of thioether (sulfide) groups is 1. The fourth-order valence-electron chi connectivity index (χ4n) is 3.12. The van der Waals surface area contributed by atoms with Crippen LogP contribution in [0.2, 0.25) is 0 Å². The number of fused-ring (bicyclic) bond motifs is 1. The van der Waals surface area contributed by atoms with Gasteiger partial charge in [-0.2, -0.15) is 4.99 Å². The number of benzene rings is 1. The van der Waals surface area contributed by atoms with Crippen molar-refractivity contribution in [3.63, 3.8) is 0 Å². The molecule has 0 unspecified atom stereocenters. The van der Waals surface area contributed by atoms with Crippen molar-refractivity contribution in [3.05, 3.63) is 35.9 Å². The summed E-state index contributed by atoms with van der Waals surface area (Å²) in [6, 6.07) is 9.79. The highest BCUT2D eigenvalue weighted by Gasteiger charge is 2.50. The summed E-state index contributed by atoms with van der Waals surface area (Å²) in [5.41, 5.74) is 1.09. The molecule has 1 aromatic rings. The Balaban J connectivity index is 1.97. The van der Waals surface area contributed by atoms with Crippen molar-refractivity contribution in [2.24, 2.45) is 4.99 Å². The molecule has 124 valence electrons. The molecule has 1 amide bonds. The van der Waals surface area contributed by atoms with Crippen LogP contribution >= 0.6 is 11.8 Å². The molecular formula is C16H20N2O3S2. The van der Waals surface area contributed by atoms with Gasteiger partial charge >= 0.3 is 0 Å². The number of amidine groups is 1. The minimum absolute atomic E-state index is 0.0181. The van der Waals surface area contributed by atoms with Crippen molar-refractivity contribution < 1.29 is 13.2 Å². The number of aliphatic imine (C=N–C) groups is 1. The first-order chi connectivity index (χ1) is 10.9. The Hall–Kier alpha value is -1.34. The van der Waals surface area contributed by atoms with Crippen LogP contribution in [0.4, 0.5) is 0 Å². The maximum Gasteiger partial charge on any atom is 0.247 e. The number of carbonyl (C=O) groups is 1. The number of nitrogens with zero attached hydrogens (tertiary/aromatic N) is 2. The van der Waals surface area contributed by atoms with Gasteiger partial charge in [-0.3, -0.25) is 4.79 Å². The summed E-state index contributed by atoms with van der Waals surface area (Å²) < 4.78 is 24.0. The molecule has 0 aromatic heterocycles. The number of hydrogen-bond acceptors (Lipinski definition) is 4. The van der Waals surface area contributed by atoms with Gasteiger partial charge in [-0.05, 0) is 12.5 Å². The lowest BCUT2D eigenvalue weighted by Gasteiger charge is -2.31. The average Bonchev–Trinajstić information content (AvgIpc) is 2.98. The fourth-order valence-corrected chi connectivity index (χ4v) is 7.13. The van der Waals surface area contributed by atoms with Crippen molar-refractivity contribution in [1.29, 1.82) is 0 Å². The predicted octanol–water partition coefficient (Wildman–Crippen LogP) is 2.25. The van der Waals surface area contributed by atoms with E-state index in [0.717, 1.165) is 5.56 Å². The van der Waals surface area contributed by atoms with Crippen LogP contribution in [0.25, 0.3) is 0 Å². The average molecular weight is 352 g/mol. The van der Waals surface area contributed by atoms with E-state index >= 15 is 0 Å². The Kier molecular flexibility index (Phi) is 4.51. The molecule has 0 N–H and O–H groups in total. The summed E-state index contributed by atoms with van der Waals surface area (Å²) in [7, 11) is -3.01. The van der Waals surface area contributed by atoms with Crippen molar-refractivity contribution in [1.82, 2.24) is 4.90 Å². The van der Waals surface area contributed by atoms with Gasteiger partial charge in [-0.15, -0.1) is 0 Å². The molecule has 23 heavy (non-hydrogen) atoms. The molecule has 0 saturated carbocycles. The third kappa shape index (κ3) is 3.30. The first kappa shape index (κ1) is 16.5. The molecule has 0 bridgehead atoms. The lowest BCUT2D eigenvalue weighted by Crippen LogP contribution is -2.39. The molecule has 0 aliphatic carbocycles. The number of rotatable bonds is 3. The smallest absolute Gasteiger partial charge is 0.247 e. The molecule has 3 rings (SSSR count). The van der Waals surface area contributed by atoms with Gasteiger partial charge in [-0.1, -0.05) is 49.0 Å². The topological polar surface area (TPSA) is 66.8 Å². The van der Waals surface area contributed by atoms with Crippen LogP contribution in [0, 0.1) is 0 Å². The highest BCUT2D eigenvalue weighted by Crippen LogP contribution is 2.42. The summed E-state index contributed by atoms with van der Waals surface area (Å²) in [6.07, 6.45) is 0.352. The Labute approximate surface area is 141 Å². The largest absolute Gasteiger partial charge is 0.339 e. The van der Waals surface area contributed by atoms with Gasteiger partial charge in [-0.25, -0.2) is 8.42 Å². The Morgan fingerprint density at radius 2 is 2.04 bits per heavy atom. The first-order valence-electron chi connectivity index (χ1n) is 7.73. The van der Waals surface area contributed by atoms with E-state index in [1.54, 1.807) is 6.92 Å². The zero-order valence-corrected chi connectivity index (χ0v) is 14.8. The standard InChI is InChI=1S/C16H20N2O3S2/c1-3-15(19)17-16-18(11(2)12-7-5-4-6-8-12)13-9-23(20,21)10-14(13)22-16/h4-8,11,13-14H,3,9-10H2,1-2H3/t11-,13-,14-/m1/s1. The van der Waals surface area contributed by atoms with Gasteiger partial charge in [0.05, 0.1) is 23.6 Å². The van der Waals surface area contributed by atoms with Crippen LogP contribution in [-0.2, 0) is 14.6 Å². The zero-order chi connectivity index (χ0) is 16.6. The third-order valence-corrected chi connectivity index (χ3v) is 7.55. The van der Waals surface area contributed by atoms with Crippen molar-refractivity contribution in [3.8, 4) is 0 Å². The van der Waals surface area contributed by atoms with Crippen molar-refractivity contribution in [2.75, 3.05) is 11.5 Å². The molecule has 1 aromatic carbocycles. The second-order valence-corrected chi connectivity index (χ2v) is 9.30. The maximum atomic E-state index is 12.0. The molecule has 7 heteroatoms. The SMILES string of the molecule is CCC(=O)N=C1S[C@@H]2CS(=O)(=O)C[C@H]2N1[C@H](C)c1ccccc1. The molecule has 2 saturated heterocycles. The van der Waals surface area contributed by atoms with Crippen LogP contribution in [0.5, 0.6) is 0 Å². The van der Waals surface area contributed by atoms with E-state index in [1.807, 2.05) is 42.2 Å². The van der Waals surface area contributed by atoms with Gasteiger partial charge in [0.1, 0.15) is 0 Å². The van der Waals surface area contributed by atoms with Crippen LogP contribution in [0.3, 0.4) is 0 Å². The third-order valence-electron chi connectivity index (χ3n) is 4.33. The van der Waals surface area contributed by atoms with E-state index in [4.69, 9.17) is 0 Å². The van der Waals surface area contributed by atoms with E-state index in [0.29, 0.717) is 11.6 Å². The minimum Gasteiger partial charge on any atom is -0.339 e. The van der Waals surface area contributed by atoms with Crippen molar-refractivity contribution in [2.45, 2.75) is 37.6 Å². The number of carbonyl (C=O) groups excluding carboxylic acids is 1. The molecule has 3 atom stereocenters. The maximum absolute atomic E-state index is 12.0. The van der Waals surface area contributed by atoms with E-state index in [9.17, 15) is 13.2 Å². The Bertz CT molecular complexity index is 731. The van der Waals surface area contributed by atoms with Crippen LogP contribution in [-0.4, -0.2) is 47.2 Å². The summed E-state index contributed by atoms with van der Waals surface area (Å²) in [6.45, 7) is 3.82. The summed E-state index contributed by atoms with van der Waals surface area (Å²) >= 11 is 1.43. The zero-order valence-electron chi connectivity index (χ0n) is 13.2. The van der Waals surface area contributed by atoms with Crippen LogP contribution in [0.1, 0.15) is 31.9 Å². The second-order valence-electron chi connectivity index (χ2n) is 5.94. The van der Waals surface area contributed by atoms with E-state index in [1.165, 1.54) is 11.8 Å². The number of hydrogen-bond donors (Lipinski definition) is 0. The lowest BCUT2D eigenvalue weighted by atomic mass is 10.1. The minimum atomic E-state index is -3.01. The predicted molar refractivity (Wildman–Crippen MR) is 93.2 cm³/mol. The molecule has 2 aliphatic heterocycles.